The summed E-state index contributed by atoms with van der Waals surface area (Å²) in [6.07, 6.45) is 0. The average molecular weight is 244 g/mol. The number of carbonyl (C=O) groups excluding carboxylic acids is 1. The molecule has 1 heterocycles. The van der Waals surface area contributed by atoms with Gasteiger partial charge < -0.3 is 15.5 Å². The number of pyridine rings is 1. The van der Waals surface area contributed by atoms with E-state index < -0.39 is 5.91 Å². The Labute approximate surface area is 104 Å². The lowest BCUT2D eigenvalue weighted by Crippen LogP contribution is -2.12. The first-order valence-electron chi connectivity index (χ1n) is 5.33. The second-order valence-corrected chi connectivity index (χ2v) is 3.82. The zero-order chi connectivity index (χ0) is 13.1. The highest BCUT2D eigenvalue weighted by atomic mass is 16.3. The third-order valence-electron chi connectivity index (χ3n) is 2.37. The minimum absolute atomic E-state index is 0.244. The molecule has 0 unspecified atom stereocenters. The number of hydrogen-bond donors (Lipinski definition) is 3. The second kappa shape index (κ2) is 4.75. The van der Waals surface area contributed by atoms with Crippen molar-refractivity contribution >= 4 is 11.7 Å². The van der Waals surface area contributed by atoms with Gasteiger partial charge in [0.2, 0.25) is 0 Å². The number of aromatic hydroxyl groups is 2. The van der Waals surface area contributed by atoms with Gasteiger partial charge in [-0.25, -0.2) is 4.98 Å². The lowest BCUT2D eigenvalue weighted by Gasteiger charge is -2.06. The van der Waals surface area contributed by atoms with Crippen LogP contribution in [0.15, 0.2) is 36.4 Å². The van der Waals surface area contributed by atoms with Crippen LogP contribution in [0.3, 0.4) is 0 Å². The summed E-state index contributed by atoms with van der Waals surface area (Å²) in [6, 6.07) is 9.15. The minimum Gasteiger partial charge on any atom is -0.504 e. The SMILES string of the molecule is Cc1cccc(NC(=O)c2ccc(O)c(O)c2)n1. The molecule has 1 aromatic heterocycles. The Hall–Kier alpha value is -2.56. The van der Waals surface area contributed by atoms with Gasteiger partial charge in [-0.15, -0.1) is 0 Å². The first-order chi connectivity index (χ1) is 8.56. The number of carbonyl (C=O) groups is 1. The lowest BCUT2D eigenvalue weighted by molar-refractivity contribution is 0.102. The predicted molar refractivity (Wildman–Crippen MR) is 66.7 cm³/mol. The molecule has 5 nitrogen and oxygen atoms in total. The summed E-state index contributed by atoms with van der Waals surface area (Å²) in [6.45, 7) is 1.82. The van der Waals surface area contributed by atoms with Crippen LogP contribution in [0.2, 0.25) is 0 Å². The monoisotopic (exact) mass is 244 g/mol. The molecule has 0 fully saturated rings. The smallest absolute Gasteiger partial charge is 0.256 e. The van der Waals surface area contributed by atoms with Gasteiger partial charge in [0.25, 0.3) is 5.91 Å². The molecule has 0 saturated heterocycles. The molecule has 1 aromatic carbocycles. The largest absolute Gasteiger partial charge is 0.504 e. The number of amides is 1. The Bertz CT molecular complexity index is 597. The van der Waals surface area contributed by atoms with E-state index in [2.05, 4.69) is 10.3 Å². The molecule has 0 atom stereocenters. The molecule has 0 bridgehead atoms. The van der Waals surface area contributed by atoms with E-state index in [1.165, 1.54) is 18.2 Å². The summed E-state index contributed by atoms with van der Waals surface area (Å²) in [5, 5.41) is 21.1. The van der Waals surface area contributed by atoms with E-state index in [0.29, 0.717) is 5.82 Å². The Kier molecular flexibility index (Phi) is 3.14. The van der Waals surface area contributed by atoms with Gasteiger partial charge in [-0.3, -0.25) is 4.79 Å². The summed E-state index contributed by atoms with van der Waals surface area (Å²) < 4.78 is 0. The van der Waals surface area contributed by atoms with E-state index in [0.717, 1.165) is 5.69 Å². The summed E-state index contributed by atoms with van der Waals surface area (Å²) in [7, 11) is 0. The number of anilines is 1. The van der Waals surface area contributed by atoms with Crippen molar-refractivity contribution in [3.63, 3.8) is 0 Å². The number of phenolic OH excluding ortho intramolecular Hbond substituents is 2. The van der Waals surface area contributed by atoms with Gasteiger partial charge >= 0.3 is 0 Å². The molecule has 5 heteroatoms. The topological polar surface area (TPSA) is 82.5 Å². The zero-order valence-corrected chi connectivity index (χ0v) is 9.71. The number of phenols is 2. The molecule has 0 aliphatic heterocycles. The van der Waals surface area contributed by atoms with Gasteiger partial charge in [0, 0.05) is 11.3 Å². The number of benzene rings is 1. The highest BCUT2D eigenvalue weighted by Gasteiger charge is 2.09. The van der Waals surface area contributed by atoms with E-state index >= 15 is 0 Å². The van der Waals surface area contributed by atoms with Crippen molar-refractivity contribution in [3.8, 4) is 11.5 Å². The Balaban J connectivity index is 2.19. The van der Waals surface area contributed by atoms with Crippen LogP contribution in [0.4, 0.5) is 5.82 Å². The number of hydrogen-bond acceptors (Lipinski definition) is 4. The number of aryl methyl sites for hydroxylation is 1. The van der Waals surface area contributed by atoms with Crippen molar-refractivity contribution in [1.82, 2.24) is 4.98 Å². The van der Waals surface area contributed by atoms with Crippen LogP contribution in [-0.2, 0) is 0 Å². The maximum absolute atomic E-state index is 11.8. The van der Waals surface area contributed by atoms with Crippen LogP contribution < -0.4 is 5.32 Å². The molecular weight excluding hydrogens is 232 g/mol. The molecule has 92 valence electrons. The lowest BCUT2D eigenvalue weighted by atomic mass is 10.2. The van der Waals surface area contributed by atoms with Gasteiger partial charge in [0.05, 0.1) is 0 Å². The molecule has 0 spiro atoms. The fourth-order valence-electron chi connectivity index (χ4n) is 1.47. The van der Waals surface area contributed by atoms with Crippen molar-refractivity contribution < 1.29 is 15.0 Å². The summed E-state index contributed by atoms with van der Waals surface area (Å²) in [5.74, 6) is -0.559. The quantitative estimate of drug-likeness (QED) is 0.706. The normalized spacial score (nSPS) is 10.1. The van der Waals surface area contributed by atoms with Crippen molar-refractivity contribution in [2.45, 2.75) is 6.92 Å². The zero-order valence-electron chi connectivity index (χ0n) is 9.71. The summed E-state index contributed by atoms with van der Waals surface area (Å²) in [4.78, 5) is 16.0. The van der Waals surface area contributed by atoms with Gasteiger partial charge in [-0.1, -0.05) is 6.07 Å². The Morgan fingerprint density at radius 2 is 1.94 bits per heavy atom. The van der Waals surface area contributed by atoms with E-state index in [4.69, 9.17) is 5.11 Å². The summed E-state index contributed by atoms with van der Waals surface area (Å²) >= 11 is 0. The molecule has 0 aliphatic carbocycles. The van der Waals surface area contributed by atoms with Crippen LogP contribution >= 0.6 is 0 Å². The van der Waals surface area contributed by atoms with Crippen molar-refractivity contribution in [2.24, 2.45) is 0 Å². The number of rotatable bonds is 2. The number of aromatic nitrogens is 1. The molecule has 0 radical (unpaired) electrons. The van der Waals surface area contributed by atoms with E-state index in [1.807, 2.05) is 13.0 Å². The van der Waals surface area contributed by atoms with Gasteiger partial charge in [0.15, 0.2) is 11.5 Å². The standard InChI is InChI=1S/C13H12N2O3/c1-8-3-2-4-12(14-8)15-13(18)9-5-6-10(16)11(17)7-9/h2-7,16-17H,1H3,(H,14,15,18). The van der Waals surface area contributed by atoms with Gasteiger partial charge in [-0.05, 0) is 37.3 Å². The average Bonchev–Trinajstić information content (AvgIpc) is 2.32. The van der Waals surface area contributed by atoms with Crippen LogP contribution in [0.25, 0.3) is 0 Å². The third-order valence-corrected chi connectivity index (χ3v) is 2.37. The third kappa shape index (κ3) is 2.57. The maximum Gasteiger partial charge on any atom is 0.256 e. The Morgan fingerprint density at radius 1 is 1.17 bits per heavy atom. The molecular formula is C13H12N2O3. The number of nitrogens with zero attached hydrogens (tertiary/aromatic N) is 1. The van der Waals surface area contributed by atoms with E-state index in [9.17, 15) is 9.90 Å². The van der Waals surface area contributed by atoms with Crippen LogP contribution in [0, 0.1) is 6.92 Å². The van der Waals surface area contributed by atoms with Crippen LogP contribution in [0.1, 0.15) is 16.1 Å². The van der Waals surface area contributed by atoms with Crippen LogP contribution in [-0.4, -0.2) is 21.1 Å². The molecule has 3 N–H and O–H groups in total. The van der Waals surface area contributed by atoms with Gasteiger partial charge in [-0.2, -0.15) is 0 Å². The summed E-state index contributed by atoms with van der Waals surface area (Å²) in [5.41, 5.74) is 1.04. The number of nitrogens with one attached hydrogen (secondary N) is 1. The van der Waals surface area contributed by atoms with E-state index in [-0.39, 0.29) is 17.1 Å². The highest BCUT2D eigenvalue weighted by molar-refractivity contribution is 6.04. The Morgan fingerprint density at radius 3 is 2.61 bits per heavy atom. The van der Waals surface area contributed by atoms with Crippen LogP contribution in [0.5, 0.6) is 11.5 Å². The van der Waals surface area contributed by atoms with E-state index in [1.54, 1.807) is 12.1 Å². The van der Waals surface area contributed by atoms with Gasteiger partial charge in [0.1, 0.15) is 5.82 Å². The first-order valence-corrected chi connectivity index (χ1v) is 5.33. The molecule has 0 aliphatic rings. The second-order valence-electron chi connectivity index (χ2n) is 3.82. The fraction of sp³-hybridized carbons (Fsp3) is 0.0769. The highest BCUT2D eigenvalue weighted by Crippen LogP contribution is 2.25. The molecule has 0 saturated carbocycles. The predicted octanol–water partition coefficient (Wildman–Crippen LogP) is 2.05. The molecule has 2 aromatic rings. The maximum atomic E-state index is 11.8. The van der Waals surface area contributed by atoms with Crippen molar-refractivity contribution in [2.75, 3.05) is 5.32 Å². The molecule has 18 heavy (non-hydrogen) atoms. The van der Waals surface area contributed by atoms with Crippen molar-refractivity contribution in [1.29, 1.82) is 0 Å². The minimum atomic E-state index is -0.400. The van der Waals surface area contributed by atoms with Crippen molar-refractivity contribution in [3.05, 3.63) is 47.7 Å². The molecule has 1 amide bonds. The fourth-order valence-corrected chi connectivity index (χ4v) is 1.47. The molecule has 2 rings (SSSR count). The first kappa shape index (κ1) is 11.9.